The highest BCUT2D eigenvalue weighted by molar-refractivity contribution is 7.25. The Kier molecular flexibility index (Phi) is 5.97. The number of thiophene rings is 1. The van der Waals surface area contributed by atoms with Gasteiger partial charge in [0.1, 0.15) is 6.17 Å². The van der Waals surface area contributed by atoms with Gasteiger partial charge in [-0.05, 0) is 70.4 Å². The van der Waals surface area contributed by atoms with Gasteiger partial charge in [0.15, 0.2) is 0 Å². The Morgan fingerprint density at radius 1 is 0.627 bits per heavy atom. The van der Waals surface area contributed by atoms with Gasteiger partial charge in [-0.15, -0.1) is 11.3 Å². The minimum Gasteiger partial charge on any atom is -0.375 e. The molecule has 3 aromatic heterocycles. The fraction of sp³-hybridized carbons (Fsp3) is 0.109. The Labute approximate surface area is 299 Å². The van der Waals surface area contributed by atoms with Crippen molar-refractivity contribution in [3.05, 3.63) is 168 Å². The maximum absolute atomic E-state index is 4.70. The zero-order chi connectivity index (χ0) is 33.8. The summed E-state index contributed by atoms with van der Waals surface area (Å²) in [6.45, 7) is 4.70. The fourth-order valence-electron chi connectivity index (χ4n) is 8.84. The van der Waals surface area contributed by atoms with Crippen LogP contribution in [0.5, 0.6) is 0 Å². The molecule has 0 spiro atoms. The van der Waals surface area contributed by atoms with Crippen LogP contribution in [0.4, 0.5) is 0 Å². The fourth-order valence-corrected chi connectivity index (χ4v) is 9.99. The predicted molar refractivity (Wildman–Crippen MR) is 214 cm³/mol. The normalized spacial score (nSPS) is 18.0. The van der Waals surface area contributed by atoms with Crippen molar-refractivity contribution in [1.82, 2.24) is 20.2 Å². The molecule has 0 amide bonds. The molecule has 5 heteroatoms. The molecule has 244 valence electrons. The quantitative estimate of drug-likeness (QED) is 0.196. The maximum Gasteiger partial charge on any atom is 0.129 e. The molecular formula is C46H34N4S. The van der Waals surface area contributed by atoms with E-state index in [2.05, 4.69) is 163 Å². The van der Waals surface area contributed by atoms with Crippen LogP contribution in [0.15, 0.2) is 151 Å². The van der Waals surface area contributed by atoms with Gasteiger partial charge < -0.3 is 15.2 Å². The summed E-state index contributed by atoms with van der Waals surface area (Å²) in [7, 11) is 0. The molecule has 2 N–H and O–H groups in total. The van der Waals surface area contributed by atoms with Gasteiger partial charge in [-0.2, -0.15) is 0 Å². The van der Waals surface area contributed by atoms with Gasteiger partial charge in [-0.3, -0.25) is 4.98 Å². The lowest BCUT2D eigenvalue weighted by Crippen LogP contribution is -2.45. The smallest absolute Gasteiger partial charge is 0.129 e. The second kappa shape index (κ2) is 10.5. The Balaban J connectivity index is 1.17. The van der Waals surface area contributed by atoms with Crippen LogP contribution in [-0.4, -0.2) is 9.55 Å². The van der Waals surface area contributed by atoms with Crippen LogP contribution in [0.1, 0.15) is 42.7 Å². The first-order chi connectivity index (χ1) is 25.0. The Morgan fingerprint density at radius 2 is 1.39 bits per heavy atom. The first kappa shape index (κ1) is 28.9. The highest BCUT2D eigenvalue weighted by Gasteiger charge is 2.45. The van der Waals surface area contributed by atoms with E-state index in [-0.39, 0.29) is 17.6 Å². The third-order valence-corrected chi connectivity index (χ3v) is 12.5. The number of hydrogen-bond acceptors (Lipinski definition) is 4. The third-order valence-electron chi connectivity index (χ3n) is 11.3. The standard InChI is InChI=1S/C46H34N4S/c1-46(2)36-21-19-29(37-15-9-10-22-47-37)24-35(36)43-44(46)48-42(30-18-20-33-32-14-6-8-17-40(32)51-41(33)26-30)45(49-43)50-38-16-7-5-13-31(38)34-23-27-11-3-4-12-28(27)25-39(34)50/h3-26,42,45,48-49H,1-2H3. The van der Waals surface area contributed by atoms with Crippen molar-refractivity contribution in [3.63, 3.8) is 0 Å². The number of nitrogens with zero attached hydrogens (tertiary/aromatic N) is 2. The number of benzene rings is 6. The molecule has 51 heavy (non-hydrogen) atoms. The Hall–Kier alpha value is -5.91. The highest BCUT2D eigenvalue weighted by Crippen LogP contribution is 2.51. The summed E-state index contributed by atoms with van der Waals surface area (Å²) < 4.78 is 5.20. The van der Waals surface area contributed by atoms with E-state index in [1.165, 1.54) is 80.8 Å². The number of rotatable bonds is 3. The molecule has 2 unspecified atom stereocenters. The summed E-state index contributed by atoms with van der Waals surface area (Å²) >= 11 is 1.88. The number of allylic oxidation sites excluding steroid dienone is 1. The molecular weight excluding hydrogens is 641 g/mol. The van der Waals surface area contributed by atoms with Crippen LogP contribution >= 0.6 is 11.3 Å². The minimum absolute atomic E-state index is 0.0484. The van der Waals surface area contributed by atoms with Crippen LogP contribution < -0.4 is 10.6 Å². The number of fused-ring (bicyclic) bond motifs is 9. The molecule has 4 heterocycles. The lowest BCUT2D eigenvalue weighted by molar-refractivity contribution is 0.330. The monoisotopic (exact) mass is 674 g/mol. The average molecular weight is 675 g/mol. The van der Waals surface area contributed by atoms with Crippen molar-refractivity contribution in [1.29, 1.82) is 0 Å². The first-order valence-electron chi connectivity index (χ1n) is 17.7. The van der Waals surface area contributed by atoms with E-state index < -0.39 is 0 Å². The molecule has 4 nitrogen and oxygen atoms in total. The summed E-state index contributed by atoms with van der Waals surface area (Å²) in [4.78, 5) is 4.70. The molecule has 0 saturated heterocycles. The SMILES string of the molecule is CC1(C)C2=C(NC(n3c4ccccc4c4cc5ccccc5cc43)C(c3ccc4c(c3)sc3ccccc34)N2)c2cc(-c3ccccn3)ccc21. The largest absolute Gasteiger partial charge is 0.375 e. The van der Waals surface area contributed by atoms with E-state index in [0.717, 1.165) is 11.3 Å². The highest BCUT2D eigenvalue weighted by atomic mass is 32.1. The minimum atomic E-state index is -0.220. The molecule has 2 atom stereocenters. The zero-order valence-corrected chi connectivity index (χ0v) is 29.1. The number of aromatic nitrogens is 2. The van der Waals surface area contributed by atoms with Gasteiger partial charge >= 0.3 is 0 Å². The van der Waals surface area contributed by atoms with Crippen molar-refractivity contribution >= 4 is 69.8 Å². The molecule has 2 aliphatic rings. The van der Waals surface area contributed by atoms with Crippen LogP contribution in [0.25, 0.3) is 69.7 Å². The van der Waals surface area contributed by atoms with Gasteiger partial charge in [-0.1, -0.05) is 105 Å². The van der Waals surface area contributed by atoms with Crippen LogP contribution in [0.3, 0.4) is 0 Å². The van der Waals surface area contributed by atoms with E-state index in [1.54, 1.807) is 0 Å². The summed E-state index contributed by atoms with van der Waals surface area (Å²) in [6, 6.07) is 51.2. The zero-order valence-electron chi connectivity index (χ0n) is 28.3. The van der Waals surface area contributed by atoms with Gasteiger partial charge in [-0.25, -0.2) is 0 Å². The van der Waals surface area contributed by atoms with E-state index in [4.69, 9.17) is 4.98 Å². The molecule has 1 aliphatic heterocycles. The van der Waals surface area contributed by atoms with E-state index in [1.807, 2.05) is 23.6 Å². The number of hydrogen-bond donors (Lipinski definition) is 2. The maximum atomic E-state index is 4.70. The molecule has 0 fully saturated rings. The third kappa shape index (κ3) is 4.16. The van der Waals surface area contributed by atoms with Crippen molar-refractivity contribution in [2.75, 3.05) is 0 Å². The van der Waals surface area contributed by atoms with E-state index in [9.17, 15) is 0 Å². The van der Waals surface area contributed by atoms with Crippen molar-refractivity contribution in [2.24, 2.45) is 0 Å². The van der Waals surface area contributed by atoms with Crippen LogP contribution in [-0.2, 0) is 5.41 Å². The first-order valence-corrected chi connectivity index (χ1v) is 18.5. The number of nitrogens with one attached hydrogen (secondary N) is 2. The Morgan fingerprint density at radius 3 is 2.25 bits per heavy atom. The summed E-state index contributed by atoms with van der Waals surface area (Å²) in [5.41, 5.74) is 10.6. The predicted octanol–water partition coefficient (Wildman–Crippen LogP) is 11.5. The van der Waals surface area contributed by atoms with Crippen molar-refractivity contribution < 1.29 is 0 Å². The summed E-state index contributed by atoms with van der Waals surface area (Å²) in [6.07, 6.45) is 1.75. The van der Waals surface area contributed by atoms with E-state index >= 15 is 0 Å². The van der Waals surface area contributed by atoms with Crippen molar-refractivity contribution in [2.45, 2.75) is 31.5 Å². The topological polar surface area (TPSA) is 41.9 Å². The molecule has 9 aromatic rings. The van der Waals surface area contributed by atoms with Gasteiger partial charge in [0, 0.05) is 59.4 Å². The molecule has 1 aliphatic carbocycles. The second-order valence-electron chi connectivity index (χ2n) is 14.5. The summed E-state index contributed by atoms with van der Waals surface area (Å²) in [5.74, 6) is 0. The molecule has 0 radical (unpaired) electrons. The summed E-state index contributed by atoms with van der Waals surface area (Å²) in [5, 5.41) is 16.1. The Bertz CT molecular complexity index is 2910. The second-order valence-corrected chi connectivity index (χ2v) is 15.6. The lowest BCUT2D eigenvalue weighted by atomic mass is 9.83. The molecule has 11 rings (SSSR count). The number of pyridine rings is 1. The molecule has 6 aromatic carbocycles. The van der Waals surface area contributed by atoms with Gasteiger partial charge in [0.2, 0.25) is 0 Å². The van der Waals surface area contributed by atoms with Crippen LogP contribution in [0.2, 0.25) is 0 Å². The lowest BCUT2D eigenvalue weighted by Gasteiger charge is -2.40. The number of para-hydroxylation sites is 1. The van der Waals surface area contributed by atoms with Crippen LogP contribution in [0, 0.1) is 0 Å². The van der Waals surface area contributed by atoms with Crippen molar-refractivity contribution in [3.8, 4) is 11.3 Å². The molecule has 0 bridgehead atoms. The van der Waals surface area contributed by atoms with Gasteiger partial charge in [0.05, 0.1) is 28.5 Å². The molecule has 0 saturated carbocycles. The average Bonchev–Trinajstić information content (AvgIpc) is 3.78. The van der Waals surface area contributed by atoms with E-state index in [0.29, 0.717) is 0 Å². The van der Waals surface area contributed by atoms with Gasteiger partial charge in [0.25, 0.3) is 0 Å².